The predicted molar refractivity (Wildman–Crippen MR) is 113 cm³/mol. The molecule has 0 atom stereocenters. The van der Waals surface area contributed by atoms with Crippen molar-refractivity contribution in [3.05, 3.63) is 75.4 Å². The molecule has 0 unspecified atom stereocenters. The number of hydrogen-bond donors (Lipinski definition) is 0. The molecule has 0 radical (unpaired) electrons. The Morgan fingerprint density at radius 1 is 0.897 bits per heavy atom. The van der Waals surface area contributed by atoms with E-state index in [1.807, 2.05) is 12.1 Å². The first-order valence-electron chi connectivity index (χ1n) is 10.5. The van der Waals surface area contributed by atoms with Gasteiger partial charge in [0.25, 0.3) is 0 Å². The zero-order chi connectivity index (χ0) is 19.8. The van der Waals surface area contributed by atoms with Gasteiger partial charge in [-0.25, -0.2) is 9.18 Å². The summed E-state index contributed by atoms with van der Waals surface area (Å²) in [6, 6.07) is 12.7. The smallest absolute Gasteiger partial charge is 0.336 e. The summed E-state index contributed by atoms with van der Waals surface area (Å²) < 4.78 is 18.7. The highest BCUT2D eigenvalue weighted by Crippen LogP contribution is 2.29. The maximum atomic E-state index is 13.2. The number of fused-ring (bicyclic) bond motifs is 2. The van der Waals surface area contributed by atoms with Crippen LogP contribution in [0.5, 0.6) is 0 Å². The van der Waals surface area contributed by atoms with Gasteiger partial charge in [0.1, 0.15) is 11.4 Å². The third-order valence-electron chi connectivity index (χ3n) is 6.22. The lowest BCUT2D eigenvalue weighted by molar-refractivity contribution is 0.286. The molecule has 1 aliphatic carbocycles. The summed E-state index contributed by atoms with van der Waals surface area (Å²) in [7, 11) is 0. The summed E-state index contributed by atoms with van der Waals surface area (Å²) in [5.74, 6) is -0.202. The van der Waals surface area contributed by atoms with E-state index in [0.29, 0.717) is 0 Å². The second-order valence-corrected chi connectivity index (χ2v) is 8.15. The van der Waals surface area contributed by atoms with Crippen molar-refractivity contribution in [3.8, 4) is 0 Å². The minimum absolute atomic E-state index is 0.202. The van der Waals surface area contributed by atoms with Crippen LogP contribution in [0.3, 0.4) is 0 Å². The molecule has 5 rings (SSSR count). The first-order valence-corrected chi connectivity index (χ1v) is 10.5. The highest BCUT2D eigenvalue weighted by atomic mass is 19.1. The van der Waals surface area contributed by atoms with Gasteiger partial charge < -0.3 is 9.32 Å². The fourth-order valence-corrected chi connectivity index (χ4v) is 4.71. The lowest BCUT2D eigenvalue weighted by atomic mass is 10.0. The van der Waals surface area contributed by atoms with Crippen LogP contribution in [0.25, 0.3) is 11.0 Å². The van der Waals surface area contributed by atoms with Crippen molar-refractivity contribution in [2.24, 2.45) is 0 Å². The number of benzene rings is 2. The van der Waals surface area contributed by atoms with Crippen LogP contribution >= 0.6 is 0 Å². The minimum atomic E-state index is -0.270. The molecule has 2 aliphatic rings. The summed E-state index contributed by atoms with van der Waals surface area (Å²) in [6.07, 6.45) is 4.40. The third-order valence-corrected chi connectivity index (χ3v) is 6.22. The third kappa shape index (κ3) is 3.79. The molecule has 0 saturated carbocycles. The molecular formula is C24H25FN2O2. The Bertz CT molecular complexity index is 1090. The van der Waals surface area contributed by atoms with Crippen LogP contribution in [-0.4, -0.2) is 31.1 Å². The number of rotatable bonds is 3. The van der Waals surface area contributed by atoms with Crippen molar-refractivity contribution >= 4 is 16.7 Å². The molecule has 0 amide bonds. The normalized spacial score (nSPS) is 17.5. The Kier molecular flexibility index (Phi) is 4.84. The lowest BCUT2D eigenvalue weighted by Gasteiger charge is -2.24. The molecule has 0 spiro atoms. The molecule has 4 nitrogen and oxygen atoms in total. The van der Waals surface area contributed by atoms with Crippen LogP contribution in [0.4, 0.5) is 10.1 Å². The zero-order valence-electron chi connectivity index (χ0n) is 16.5. The second-order valence-electron chi connectivity index (χ2n) is 8.15. The van der Waals surface area contributed by atoms with Crippen molar-refractivity contribution in [2.45, 2.75) is 32.2 Å². The van der Waals surface area contributed by atoms with Crippen molar-refractivity contribution in [1.29, 1.82) is 0 Å². The van der Waals surface area contributed by atoms with Gasteiger partial charge in [-0.15, -0.1) is 0 Å². The van der Waals surface area contributed by atoms with Crippen molar-refractivity contribution in [1.82, 2.24) is 4.90 Å². The second kappa shape index (κ2) is 7.64. The summed E-state index contributed by atoms with van der Waals surface area (Å²) in [5.41, 5.74) is 5.29. The van der Waals surface area contributed by atoms with E-state index in [2.05, 4.69) is 21.9 Å². The first-order chi connectivity index (χ1) is 14.2. The van der Waals surface area contributed by atoms with Gasteiger partial charge in [-0.2, -0.15) is 0 Å². The van der Waals surface area contributed by atoms with Crippen LogP contribution in [-0.2, 0) is 19.4 Å². The maximum absolute atomic E-state index is 13.2. The average Bonchev–Trinajstić information content (AvgIpc) is 3.04. The quantitative estimate of drug-likeness (QED) is 0.628. The van der Waals surface area contributed by atoms with Gasteiger partial charge in [-0.3, -0.25) is 4.90 Å². The van der Waals surface area contributed by atoms with Gasteiger partial charge in [-0.05, 0) is 78.8 Å². The Labute approximate surface area is 169 Å². The molecular weight excluding hydrogens is 367 g/mol. The topological polar surface area (TPSA) is 36.7 Å². The van der Waals surface area contributed by atoms with E-state index in [-0.39, 0.29) is 11.4 Å². The molecule has 1 aliphatic heterocycles. The summed E-state index contributed by atoms with van der Waals surface area (Å²) in [4.78, 5) is 16.9. The van der Waals surface area contributed by atoms with Crippen LogP contribution in [0.2, 0.25) is 0 Å². The van der Waals surface area contributed by atoms with Crippen LogP contribution < -0.4 is 10.5 Å². The molecule has 2 aromatic carbocycles. The Morgan fingerprint density at radius 3 is 2.52 bits per heavy atom. The molecule has 1 aromatic heterocycles. The Balaban J connectivity index is 1.37. The molecule has 3 aromatic rings. The van der Waals surface area contributed by atoms with Gasteiger partial charge in [0.15, 0.2) is 0 Å². The van der Waals surface area contributed by atoms with E-state index in [0.717, 1.165) is 74.2 Å². The van der Waals surface area contributed by atoms with E-state index in [1.165, 1.54) is 29.7 Å². The van der Waals surface area contributed by atoms with Gasteiger partial charge >= 0.3 is 5.63 Å². The Morgan fingerprint density at radius 2 is 1.69 bits per heavy atom. The first kappa shape index (κ1) is 18.4. The van der Waals surface area contributed by atoms with Crippen LogP contribution in [0.1, 0.15) is 29.5 Å². The zero-order valence-corrected chi connectivity index (χ0v) is 16.5. The standard InChI is InChI=1S/C24H25FN2O2/c25-20-5-7-21(8-6-20)27-10-2-9-26(11-12-27)16-19-15-24(28)29-23-14-18-4-1-3-17(18)13-22(19)23/h5-8,13-15H,1-4,9-12,16H2. The van der Waals surface area contributed by atoms with Crippen LogP contribution in [0, 0.1) is 5.82 Å². The van der Waals surface area contributed by atoms with Gasteiger partial charge in [0.05, 0.1) is 0 Å². The van der Waals surface area contributed by atoms with Crippen molar-refractivity contribution < 1.29 is 8.81 Å². The van der Waals surface area contributed by atoms with Crippen molar-refractivity contribution in [2.75, 3.05) is 31.1 Å². The van der Waals surface area contributed by atoms with E-state index in [1.54, 1.807) is 6.07 Å². The number of halogens is 1. The SMILES string of the molecule is O=c1cc(CN2CCCN(c3ccc(F)cc3)CC2)c2cc3c(cc2o1)CCC3. The molecule has 0 bridgehead atoms. The number of aryl methyl sites for hydroxylation is 2. The molecule has 0 N–H and O–H groups in total. The molecule has 2 heterocycles. The number of anilines is 1. The molecule has 1 fully saturated rings. The number of hydrogen-bond acceptors (Lipinski definition) is 4. The van der Waals surface area contributed by atoms with Gasteiger partial charge in [0, 0.05) is 49.9 Å². The highest BCUT2D eigenvalue weighted by molar-refractivity contribution is 5.82. The molecule has 1 saturated heterocycles. The Hall–Kier alpha value is -2.66. The van der Waals surface area contributed by atoms with Crippen molar-refractivity contribution in [3.63, 3.8) is 0 Å². The molecule has 150 valence electrons. The number of nitrogens with zero attached hydrogens (tertiary/aromatic N) is 2. The maximum Gasteiger partial charge on any atom is 0.336 e. The van der Waals surface area contributed by atoms with E-state index < -0.39 is 0 Å². The highest BCUT2D eigenvalue weighted by Gasteiger charge is 2.19. The summed E-state index contributed by atoms with van der Waals surface area (Å²) >= 11 is 0. The molecule has 29 heavy (non-hydrogen) atoms. The fourth-order valence-electron chi connectivity index (χ4n) is 4.71. The lowest BCUT2D eigenvalue weighted by Crippen LogP contribution is -2.30. The average molecular weight is 392 g/mol. The minimum Gasteiger partial charge on any atom is -0.423 e. The van der Waals surface area contributed by atoms with Gasteiger partial charge in [0.2, 0.25) is 0 Å². The predicted octanol–water partition coefficient (Wildman–Crippen LogP) is 4.13. The fraction of sp³-hybridized carbons (Fsp3) is 0.375. The summed E-state index contributed by atoms with van der Waals surface area (Å²) in [5, 5.41) is 1.07. The summed E-state index contributed by atoms with van der Waals surface area (Å²) in [6.45, 7) is 4.47. The van der Waals surface area contributed by atoms with E-state index >= 15 is 0 Å². The molecule has 5 heteroatoms. The van der Waals surface area contributed by atoms with Crippen LogP contribution in [0.15, 0.2) is 51.7 Å². The van der Waals surface area contributed by atoms with E-state index in [9.17, 15) is 9.18 Å². The van der Waals surface area contributed by atoms with Gasteiger partial charge in [-0.1, -0.05) is 0 Å². The van der Waals surface area contributed by atoms with E-state index in [4.69, 9.17) is 4.42 Å². The monoisotopic (exact) mass is 392 g/mol. The largest absolute Gasteiger partial charge is 0.423 e.